The number of aromatic nitrogens is 1. The van der Waals surface area contributed by atoms with E-state index in [1.807, 2.05) is 48.5 Å². The first-order valence-corrected chi connectivity index (χ1v) is 7.64. The van der Waals surface area contributed by atoms with Gasteiger partial charge < -0.3 is 10.0 Å². The van der Waals surface area contributed by atoms with Crippen molar-refractivity contribution < 1.29 is 14.7 Å². The Labute approximate surface area is 134 Å². The second-order valence-electron chi connectivity index (χ2n) is 5.66. The topological polar surface area (TPSA) is 70.5 Å². The molecule has 3 rings (SSSR count). The molecule has 2 heterocycles. The molecule has 0 radical (unpaired) electrons. The largest absolute Gasteiger partial charge is 0.481 e. The summed E-state index contributed by atoms with van der Waals surface area (Å²) in [5, 5.41) is 9.47. The summed E-state index contributed by atoms with van der Waals surface area (Å²) in [6, 6.07) is 14.6. The van der Waals surface area contributed by atoms with Crippen LogP contribution in [0, 0.1) is 5.92 Å². The molecule has 0 bridgehead atoms. The fraction of sp³-hybridized carbons (Fsp3) is 0.278. The van der Waals surface area contributed by atoms with Gasteiger partial charge in [-0.2, -0.15) is 0 Å². The van der Waals surface area contributed by atoms with Gasteiger partial charge in [-0.3, -0.25) is 14.6 Å². The minimum Gasteiger partial charge on any atom is -0.481 e. The Morgan fingerprint density at radius 2 is 1.91 bits per heavy atom. The van der Waals surface area contributed by atoms with E-state index in [0.29, 0.717) is 13.0 Å². The zero-order chi connectivity index (χ0) is 16.2. The molecule has 2 atom stereocenters. The van der Waals surface area contributed by atoms with Gasteiger partial charge >= 0.3 is 5.97 Å². The van der Waals surface area contributed by atoms with Crippen molar-refractivity contribution in [2.75, 3.05) is 6.54 Å². The van der Waals surface area contributed by atoms with Crippen LogP contribution in [0.5, 0.6) is 0 Å². The van der Waals surface area contributed by atoms with Gasteiger partial charge in [-0.15, -0.1) is 0 Å². The molecule has 1 saturated heterocycles. The number of likely N-dealkylation sites (tertiary alicyclic amines) is 1. The molecule has 1 aromatic carbocycles. The lowest BCUT2D eigenvalue weighted by Gasteiger charge is -2.27. The molecule has 1 fully saturated rings. The van der Waals surface area contributed by atoms with Crippen LogP contribution >= 0.6 is 0 Å². The first kappa shape index (κ1) is 15.2. The van der Waals surface area contributed by atoms with Crippen LogP contribution in [-0.4, -0.2) is 33.4 Å². The maximum absolute atomic E-state index is 12.3. The fourth-order valence-corrected chi connectivity index (χ4v) is 3.12. The normalized spacial score (nSPS) is 20.7. The molecule has 5 nitrogen and oxygen atoms in total. The fourth-order valence-electron chi connectivity index (χ4n) is 3.12. The number of hydrogen-bond donors (Lipinski definition) is 1. The number of benzene rings is 1. The Kier molecular flexibility index (Phi) is 4.37. The maximum atomic E-state index is 12.3. The van der Waals surface area contributed by atoms with Crippen LogP contribution < -0.4 is 0 Å². The molecule has 1 aromatic heterocycles. The van der Waals surface area contributed by atoms with Crippen molar-refractivity contribution in [2.45, 2.75) is 18.9 Å². The van der Waals surface area contributed by atoms with Crippen molar-refractivity contribution in [1.82, 2.24) is 9.88 Å². The van der Waals surface area contributed by atoms with Crippen molar-refractivity contribution in [3.05, 3.63) is 66.0 Å². The van der Waals surface area contributed by atoms with E-state index < -0.39 is 17.9 Å². The van der Waals surface area contributed by atoms with E-state index in [1.165, 1.54) is 0 Å². The molecule has 0 spiro atoms. The third kappa shape index (κ3) is 3.23. The van der Waals surface area contributed by atoms with Crippen molar-refractivity contribution in [3.8, 4) is 0 Å². The number of rotatable bonds is 5. The first-order chi connectivity index (χ1) is 11.2. The molecular weight excluding hydrogens is 292 g/mol. The summed E-state index contributed by atoms with van der Waals surface area (Å²) < 4.78 is 0. The van der Waals surface area contributed by atoms with Gasteiger partial charge in [0.15, 0.2) is 0 Å². The number of carbonyl (C=O) groups is 2. The van der Waals surface area contributed by atoms with Gasteiger partial charge in [0, 0.05) is 31.3 Å². The van der Waals surface area contributed by atoms with E-state index in [0.717, 1.165) is 11.3 Å². The van der Waals surface area contributed by atoms with Crippen LogP contribution in [0.1, 0.15) is 23.7 Å². The summed E-state index contributed by atoms with van der Waals surface area (Å²) in [7, 11) is 0. The predicted molar refractivity (Wildman–Crippen MR) is 84.6 cm³/mol. The van der Waals surface area contributed by atoms with Gasteiger partial charge in [-0.05, 0) is 17.7 Å². The molecule has 23 heavy (non-hydrogen) atoms. The van der Waals surface area contributed by atoms with Crippen molar-refractivity contribution in [2.24, 2.45) is 5.92 Å². The van der Waals surface area contributed by atoms with E-state index in [-0.39, 0.29) is 12.3 Å². The van der Waals surface area contributed by atoms with Gasteiger partial charge in [0.25, 0.3) is 0 Å². The monoisotopic (exact) mass is 310 g/mol. The number of nitrogens with zero attached hydrogens (tertiary/aromatic N) is 2. The zero-order valence-corrected chi connectivity index (χ0v) is 12.6. The molecule has 118 valence electrons. The van der Waals surface area contributed by atoms with Crippen LogP contribution in [0.2, 0.25) is 0 Å². The number of hydrogen-bond acceptors (Lipinski definition) is 3. The summed E-state index contributed by atoms with van der Waals surface area (Å²) in [5.74, 6) is -1.73. The molecule has 5 heteroatoms. The van der Waals surface area contributed by atoms with Gasteiger partial charge in [0.2, 0.25) is 5.91 Å². The Balaban J connectivity index is 1.84. The van der Waals surface area contributed by atoms with E-state index in [2.05, 4.69) is 4.98 Å². The highest BCUT2D eigenvalue weighted by atomic mass is 16.4. The molecule has 1 N–H and O–H groups in total. The van der Waals surface area contributed by atoms with E-state index in [9.17, 15) is 14.7 Å². The number of pyridine rings is 1. The summed E-state index contributed by atoms with van der Waals surface area (Å²) in [6.45, 7) is 0.471. The summed E-state index contributed by atoms with van der Waals surface area (Å²) in [5.41, 5.74) is 1.76. The molecule has 2 aromatic rings. The second kappa shape index (κ2) is 6.60. The van der Waals surface area contributed by atoms with E-state index in [1.54, 1.807) is 11.1 Å². The zero-order valence-electron chi connectivity index (χ0n) is 12.6. The SMILES string of the molecule is O=C(O)C1CC(=O)N(CCc2ccccn2)C1c1ccccc1. The Morgan fingerprint density at radius 1 is 1.17 bits per heavy atom. The lowest BCUT2D eigenvalue weighted by molar-refractivity contribution is -0.142. The van der Waals surface area contributed by atoms with E-state index >= 15 is 0 Å². The van der Waals surface area contributed by atoms with Gasteiger partial charge in [0.05, 0.1) is 12.0 Å². The van der Waals surface area contributed by atoms with Crippen molar-refractivity contribution in [3.63, 3.8) is 0 Å². The average Bonchev–Trinajstić information content (AvgIpc) is 2.91. The van der Waals surface area contributed by atoms with Crippen LogP contribution in [-0.2, 0) is 16.0 Å². The number of carboxylic acids is 1. The smallest absolute Gasteiger partial charge is 0.309 e. The highest BCUT2D eigenvalue weighted by molar-refractivity contribution is 5.87. The number of aliphatic carboxylic acids is 1. The highest BCUT2D eigenvalue weighted by Crippen LogP contribution is 2.38. The minimum atomic E-state index is -0.924. The maximum Gasteiger partial charge on any atom is 0.309 e. The Morgan fingerprint density at radius 3 is 2.57 bits per heavy atom. The number of carbonyl (C=O) groups excluding carboxylic acids is 1. The number of amides is 1. The molecule has 1 amide bonds. The quantitative estimate of drug-likeness (QED) is 0.920. The summed E-state index contributed by atoms with van der Waals surface area (Å²) in [6.07, 6.45) is 2.38. The molecule has 0 aliphatic carbocycles. The van der Waals surface area contributed by atoms with E-state index in [4.69, 9.17) is 0 Å². The number of carboxylic acid groups (broad SMARTS) is 1. The lowest BCUT2D eigenvalue weighted by Crippen LogP contribution is -2.32. The summed E-state index contributed by atoms with van der Waals surface area (Å²) >= 11 is 0. The average molecular weight is 310 g/mol. The molecular formula is C18H18N2O3. The standard InChI is InChI=1S/C18H18N2O3/c21-16-12-15(18(22)23)17(13-6-2-1-3-7-13)20(16)11-9-14-8-4-5-10-19-14/h1-8,10,15,17H,9,11-12H2,(H,22,23). The van der Waals surface area contributed by atoms with Crippen LogP contribution in [0.15, 0.2) is 54.7 Å². The predicted octanol–water partition coefficient (Wildman–Crippen LogP) is 2.30. The van der Waals surface area contributed by atoms with Crippen LogP contribution in [0.25, 0.3) is 0 Å². The molecule has 0 saturated carbocycles. The molecule has 1 aliphatic rings. The van der Waals surface area contributed by atoms with Crippen molar-refractivity contribution in [1.29, 1.82) is 0 Å². The van der Waals surface area contributed by atoms with Gasteiger partial charge in [-0.1, -0.05) is 36.4 Å². The third-order valence-electron chi connectivity index (χ3n) is 4.23. The first-order valence-electron chi connectivity index (χ1n) is 7.64. The second-order valence-corrected chi connectivity index (χ2v) is 5.66. The third-order valence-corrected chi connectivity index (χ3v) is 4.23. The summed E-state index contributed by atoms with van der Waals surface area (Å²) in [4.78, 5) is 29.8. The molecule has 1 aliphatic heterocycles. The Hall–Kier alpha value is -2.69. The van der Waals surface area contributed by atoms with Gasteiger partial charge in [-0.25, -0.2) is 0 Å². The molecule has 2 unspecified atom stereocenters. The van der Waals surface area contributed by atoms with Crippen LogP contribution in [0.4, 0.5) is 0 Å². The van der Waals surface area contributed by atoms with Gasteiger partial charge in [0.1, 0.15) is 0 Å². The highest BCUT2D eigenvalue weighted by Gasteiger charge is 2.44. The van der Waals surface area contributed by atoms with Crippen LogP contribution in [0.3, 0.4) is 0 Å². The Bertz CT molecular complexity index is 688. The lowest BCUT2D eigenvalue weighted by atomic mass is 9.93. The van der Waals surface area contributed by atoms with Crippen molar-refractivity contribution >= 4 is 11.9 Å². The minimum absolute atomic E-state index is 0.0527.